The van der Waals surface area contributed by atoms with Gasteiger partial charge in [-0.15, -0.1) is 0 Å². The molecule has 0 aromatic heterocycles. The molecular formula is C25H25FN2O5S. The van der Waals surface area contributed by atoms with Crippen molar-refractivity contribution in [1.29, 1.82) is 0 Å². The molecule has 0 bridgehead atoms. The number of ether oxygens (including phenoxy) is 1. The highest BCUT2D eigenvalue weighted by Gasteiger charge is 2.19. The van der Waals surface area contributed by atoms with Crippen molar-refractivity contribution >= 4 is 27.6 Å². The number of carbonyl (C=O) groups excluding carboxylic acids is 2. The Morgan fingerprint density at radius 3 is 2.15 bits per heavy atom. The zero-order chi connectivity index (χ0) is 24.7. The van der Waals surface area contributed by atoms with Crippen LogP contribution in [0.5, 0.6) is 0 Å². The zero-order valence-electron chi connectivity index (χ0n) is 18.7. The van der Waals surface area contributed by atoms with Crippen LogP contribution in [0.2, 0.25) is 0 Å². The van der Waals surface area contributed by atoms with Crippen LogP contribution in [0.1, 0.15) is 29.2 Å². The Morgan fingerprint density at radius 1 is 0.941 bits per heavy atom. The van der Waals surface area contributed by atoms with E-state index in [4.69, 9.17) is 4.74 Å². The van der Waals surface area contributed by atoms with Gasteiger partial charge in [0.2, 0.25) is 5.91 Å². The minimum atomic E-state index is -3.87. The van der Waals surface area contributed by atoms with Gasteiger partial charge < -0.3 is 10.1 Å². The molecule has 1 amide bonds. The summed E-state index contributed by atoms with van der Waals surface area (Å²) in [6, 6.07) is 17.8. The van der Waals surface area contributed by atoms with Crippen molar-refractivity contribution in [3.63, 3.8) is 0 Å². The molecule has 1 atom stereocenters. The minimum absolute atomic E-state index is 0.00456. The Bertz CT molecular complexity index is 1240. The van der Waals surface area contributed by atoms with Gasteiger partial charge in [0.05, 0.1) is 30.9 Å². The Morgan fingerprint density at radius 2 is 1.56 bits per heavy atom. The van der Waals surface area contributed by atoms with Gasteiger partial charge in [0.15, 0.2) is 0 Å². The summed E-state index contributed by atoms with van der Waals surface area (Å²) in [5, 5.41) is 2.86. The highest BCUT2D eigenvalue weighted by Crippen LogP contribution is 2.20. The summed E-state index contributed by atoms with van der Waals surface area (Å²) in [5.74, 6) is -1.27. The fraction of sp³-hybridized carbons (Fsp3) is 0.200. The summed E-state index contributed by atoms with van der Waals surface area (Å²) >= 11 is 0. The largest absolute Gasteiger partial charge is 0.469 e. The molecule has 178 valence electrons. The standard InChI is InChI=1S/C25H25FN2O5S/c1-17-3-7-19(8-4-17)23(16-25(30)33-2)27-24(29)15-18-5-11-21(12-6-18)28-34(31,32)22-13-9-20(26)10-14-22/h3-14,23,28H,15-16H2,1-2H3,(H,27,29). The molecule has 1 unspecified atom stereocenters. The average Bonchev–Trinajstić information content (AvgIpc) is 2.80. The van der Waals surface area contributed by atoms with Crippen LogP contribution in [0.4, 0.5) is 10.1 Å². The minimum Gasteiger partial charge on any atom is -0.469 e. The molecule has 0 fully saturated rings. The second-order valence-corrected chi connectivity index (χ2v) is 9.43. The van der Waals surface area contributed by atoms with Gasteiger partial charge in [-0.25, -0.2) is 12.8 Å². The smallest absolute Gasteiger partial charge is 0.307 e. The lowest BCUT2D eigenvalue weighted by Gasteiger charge is -2.18. The third kappa shape index (κ3) is 6.89. The average molecular weight is 485 g/mol. The summed E-state index contributed by atoms with van der Waals surface area (Å²) in [6.45, 7) is 1.95. The van der Waals surface area contributed by atoms with Gasteiger partial charge in [-0.05, 0) is 54.4 Å². The van der Waals surface area contributed by atoms with Crippen molar-refractivity contribution < 1.29 is 27.1 Å². The molecule has 9 heteroatoms. The summed E-state index contributed by atoms with van der Waals surface area (Å²) in [5.41, 5.74) is 2.80. The number of amides is 1. The Hall–Kier alpha value is -3.72. The van der Waals surface area contributed by atoms with E-state index in [0.29, 0.717) is 11.3 Å². The van der Waals surface area contributed by atoms with Gasteiger partial charge in [-0.2, -0.15) is 0 Å². The molecule has 0 aliphatic heterocycles. The Kier molecular flexibility index (Phi) is 8.01. The summed E-state index contributed by atoms with van der Waals surface area (Å²) in [6.07, 6.45) is 0.0317. The predicted molar refractivity (Wildman–Crippen MR) is 126 cm³/mol. The SMILES string of the molecule is COC(=O)CC(NC(=O)Cc1ccc(NS(=O)(=O)c2ccc(F)cc2)cc1)c1ccc(C)cc1. The van der Waals surface area contributed by atoms with Gasteiger partial charge in [-0.3, -0.25) is 14.3 Å². The van der Waals surface area contributed by atoms with Gasteiger partial charge in [0, 0.05) is 5.69 Å². The Labute approximate surface area is 198 Å². The number of rotatable bonds is 9. The normalized spacial score (nSPS) is 12.0. The first kappa shape index (κ1) is 24.9. The molecule has 34 heavy (non-hydrogen) atoms. The van der Waals surface area contributed by atoms with Crippen LogP contribution >= 0.6 is 0 Å². The fourth-order valence-corrected chi connectivity index (χ4v) is 4.31. The van der Waals surface area contributed by atoms with Gasteiger partial charge in [-0.1, -0.05) is 42.0 Å². The number of carbonyl (C=O) groups is 2. The highest BCUT2D eigenvalue weighted by molar-refractivity contribution is 7.92. The number of halogens is 1. The maximum atomic E-state index is 13.1. The molecule has 0 saturated carbocycles. The number of esters is 1. The molecule has 0 spiro atoms. The molecule has 0 aliphatic carbocycles. The molecule has 7 nitrogen and oxygen atoms in total. The first-order valence-electron chi connectivity index (χ1n) is 10.5. The van der Waals surface area contributed by atoms with Crippen molar-refractivity contribution in [3.8, 4) is 0 Å². The monoisotopic (exact) mass is 484 g/mol. The first-order chi connectivity index (χ1) is 16.2. The number of anilines is 1. The number of aryl methyl sites for hydroxylation is 1. The van der Waals surface area contributed by atoms with Crippen LogP contribution in [-0.2, 0) is 30.8 Å². The molecule has 3 aromatic rings. The molecule has 0 saturated heterocycles. The number of hydrogen-bond acceptors (Lipinski definition) is 5. The number of nitrogens with one attached hydrogen (secondary N) is 2. The van der Waals surface area contributed by atoms with Crippen molar-refractivity contribution in [2.75, 3.05) is 11.8 Å². The van der Waals surface area contributed by atoms with Crippen molar-refractivity contribution in [2.45, 2.75) is 30.7 Å². The van der Waals surface area contributed by atoms with Crippen molar-refractivity contribution in [3.05, 3.63) is 95.3 Å². The first-order valence-corrected chi connectivity index (χ1v) is 11.9. The fourth-order valence-electron chi connectivity index (χ4n) is 3.25. The number of sulfonamides is 1. The third-order valence-corrected chi connectivity index (χ3v) is 6.51. The van der Waals surface area contributed by atoms with Crippen molar-refractivity contribution in [1.82, 2.24) is 5.32 Å². The number of methoxy groups -OCH3 is 1. The van der Waals surface area contributed by atoms with E-state index < -0.39 is 27.9 Å². The molecule has 0 aliphatic rings. The quantitative estimate of drug-likeness (QED) is 0.449. The summed E-state index contributed by atoms with van der Waals surface area (Å²) < 4.78 is 45.1. The predicted octanol–water partition coefficient (Wildman–Crippen LogP) is 3.90. The molecule has 2 N–H and O–H groups in total. The van der Waals surface area contributed by atoms with Crippen LogP contribution < -0.4 is 10.0 Å². The van der Waals surface area contributed by atoms with E-state index in [0.717, 1.165) is 23.3 Å². The molecule has 3 aromatic carbocycles. The molecule has 3 rings (SSSR count). The van der Waals surface area contributed by atoms with Gasteiger partial charge in [0.25, 0.3) is 10.0 Å². The van der Waals surface area contributed by atoms with Crippen LogP contribution in [0, 0.1) is 12.7 Å². The van der Waals surface area contributed by atoms with Crippen LogP contribution in [-0.4, -0.2) is 27.4 Å². The van der Waals surface area contributed by atoms with E-state index in [1.165, 1.54) is 31.4 Å². The van der Waals surface area contributed by atoms with E-state index in [9.17, 15) is 22.4 Å². The van der Waals surface area contributed by atoms with E-state index in [1.54, 1.807) is 12.1 Å². The second kappa shape index (κ2) is 10.9. The highest BCUT2D eigenvalue weighted by atomic mass is 32.2. The molecule has 0 heterocycles. The topological polar surface area (TPSA) is 102 Å². The lowest BCUT2D eigenvalue weighted by molar-refractivity contribution is -0.141. The Balaban J connectivity index is 1.65. The summed E-state index contributed by atoms with van der Waals surface area (Å²) in [4.78, 5) is 24.4. The van der Waals surface area contributed by atoms with Gasteiger partial charge in [0.1, 0.15) is 5.82 Å². The van der Waals surface area contributed by atoms with Crippen LogP contribution in [0.25, 0.3) is 0 Å². The lowest BCUT2D eigenvalue weighted by Crippen LogP contribution is -2.31. The second-order valence-electron chi connectivity index (χ2n) is 7.74. The molecule has 0 radical (unpaired) electrons. The maximum absolute atomic E-state index is 13.1. The van der Waals surface area contributed by atoms with E-state index >= 15 is 0 Å². The number of hydrogen-bond donors (Lipinski definition) is 2. The molecular weight excluding hydrogens is 459 g/mol. The maximum Gasteiger partial charge on any atom is 0.307 e. The van der Waals surface area contributed by atoms with E-state index in [2.05, 4.69) is 10.0 Å². The summed E-state index contributed by atoms with van der Waals surface area (Å²) in [7, 11) is -2.58. The van der Waals surface area contributed by atoms with E-state index in [1.807, 2.05) is 31.2 Å². The van der Waals surface area contributed by atoms with E-state index in [-0.39, 0.29) is 23.6 Å². The van der Waals surface area contributed by atoms with Crippen LogP contribution in [0.3, 0.4) is 0 Å². The zero-order valence-corrected chi connectivity index (χ0v) is 19.6. The van der Waals surface area contributed by atoms with Crippen molar-refractivity contribution in [2.24, 2.45) is 0 Å². The van der Waals surface area contributed by atoms with Gasteiger partial charge >= 0.3 is 5.97 Å². The van der Waals surface area contributed by atoms with Crippen LogP contribution in [0.15, 0.2) is 77.7 Å². The number of benzene rings is 3. The lowest BCUT2D eigenvalue weighted by atomic mass is 10.0. The third-order valence-electron chi connectivity index (χ3n) is 5.11.